The smallest absolute Gasteiger partial charge is 0.327 e. The van der Waals surface area contributed by atoms with Crippen LogP contribution in [-0.2, 0) is 28.5 Å². The Morgan fingerprint density at radius 3 is 1.87 bits per heavy atom. The lowest BCUT2D eigenvalue weighted by molar-refractivity contribution is -0.306. The van der Waals surface area contributed by atoms with Gasteiger partial charge in [-0.1, -0.05) is 105 Å². The SMILES string of the molecule is C[C@@H]1[C@H](O)[C@@H](C)/C=C/C=C/C=C/C=C/C=C/C=C/C=C/[C@H](O[C@@H]2O[C@H](C)[C@@H](O)[C@H](N)[C@@H]2O)C[C@@H]2O[C@](O)(C[C@@H](O)C[C@@H](O)[C@H](O)CC[C@@H](O)C[C@@H](O)CC(=O)O[C@H]1C)C[C@H](O)[C@H]2/C=C/C(=O)O. The summed E-state index contributed by atoms with van der Waals surface area (Å²) in [5.74, 6) is -6.04. The van der Waals surface area contributed by atoms with Gasteiger partial charge in [0.25, 0.3) is 0 Å². The van der Waals surface area contributed by atoms with Crippen LogP contribution >= 0.6 is 0 Å². The highest BCUT2D eigenvalue weighted by molar-refractivity contribution is 5.79. The lowest BCUT2D eigenvalue weighted by atomic mass is 9.82. The van der Waals surface area contributed by atoms with Crippen LogP contribution in [0.3, 0.4) is 0 Å². The van der Waals surface area contributed by atoms with Gasteiger partial charge >= 0.3 is 11.9 Å². The van der Waals surface area contributed by atoms with Gasteiger partial charge in [-0.3, -0.25) is 4.79 Å². The molecule has 18 heteroatoms. The van der Waals surface area contributed by atoms with E-state index in [-0.39, 0.29) is 31.6 Å². The summed E-state index contributed by atoms with van der Waals surface area (Å²) in [6.45, 7) is 6.77. The molecule has 0 aromatic rings. The lowest BCUT2D eigenvalue weighted by Crippen LogP contribution is -2.61. The van der Waals surface area contributed by atoms with Crippen LogP contribution in [-0.4, -0.2) is 166 Å². The van der Waals surface area contributed by atoms with Crippen LogP contribution in [0, 0.1) is 17.8 Å². The van der Waals surface area contributed by atoms with Crippen LogP contribution in [0.1, 0.15) is 79.1 Å². The molecule has 3 heterocycles. The molecule has 0 radical (unpaired) electrons. The summed E-state index contributed by atoms with van der Waals surface area (Å²) in [6.07, 6.45) is 6.97. The maximum absolute atomic E-state index is 12.6. The van der Waals surface area contributed by atoms with E-state index < -0.39 is 147 Å². The van der Waals surface area contributed by atoms with E-state index in [1.807, 2.05) is 37.3 Å². The minimum atomic E-state index is -2.24. The van der Waals surface area contributed by atoms with Crippen LogP contribution in [0.4, 0.5) is 0 Å². The number of hydrogen-bond acceptors (Lipinski definition) is 17. The van der Waals surface area contributed by atoms with E-state index in [2.05, 4.69) is 0 Å². The second-order valence-corrected chi connectivity index (χ2v) is 18.0. The first-order valence-corrected chi connectivity index (χ1v) is 23.0. The third-order valence-corrected chi connectivity index (χ3v) is 12.3. The topological polar surface area (TPSA) is 320 Å². The maximum atomic E-state index is 12.6. The number of carboxylic acids is 1. The van der Waals surface area contributed by atoms with Gasteiger partial charge in [0.2, 0.25) is 0 Å². The molecule has 0 spiro atoms. The second kappa shape index (κ2) is 28.7. The van der Waals surface area contributed by atoms with Gasteiger partial charge in [-0.05, 0) is 33.1 Å². The predicted octanol–water partition coefficient (Wildman–Crippen LogP) is 1.27. The molecule has 13 N–H and O–H groups in total. The molecule has 0 saturated carbocycles. The molecular formula is C49H75NO17. The number of ether oxygens (including phenoxy) is 4. The summed E-state index contributed by atoms with van der Waals surface area (Å²) >= 11 is 0. The van der Waals surface area contributed by atoms with E-state index in [4.69, 9.17) is 24.7 Å². The molecule has 2 fully saturated rings. The zero-order chi connectivity index (χ0) is 49.8. The van der Waals surface area contributed by atoms with Crippen molar-refractivity contribution in [3.63, 3.8) is 0 Å². The number of cyclic esters (lactones) is 1. The standard InChI is InChI=1S/C49H75NO17/c1-29-17-15-13-11-9-7-5-6-8-10-12-14-16-18-36(66-48-47(62)44(50)46(61)32(4)65-48)26-41-37(20-22-42(57)58)40(56)28-49(63,67-41)27-35(53)24-39(55)38(54)21-19-33(51)23-34(52)25-43(59)64-31(3)30(2)45(29)60/h5-18,20,22,29-41,44-48,51-56,60-63H,19,21,23-28,50H2,1-4H3,(H,57,58)/b6-5+,9-7+,10-8+,13-11+,14-12+,17-15+,18-16+,22-20+/t29-,30-,31-,32+,33+,34+,35-,36-,37+,38+,39+,40-,41-,44-,45+,46+,47-,48-,49+/m0/s1. The number of aliphatic hydroxyl groups is 10. The number of aliphatic carboxylic acids is 1. The molecule has 0 aliphatic carbocycles. The average Bonchev–Trinajstić information content (AvgIpc) is 3.24. The van der Waals surface area contributed by atoms with Gasteiger partial charge in [0, 0.05) is 49.5 Å². The maximum Gasteiger partial charge on any atom is 0.327 e. The Labute approximate surface area is 393 Å². The van der Waals surface area contributed by atoms with Gasteiger partial charge in [0.15, 0.2) is 12.1 Å². The van der Waals surface area contributed by atoms with Crippen molar-refractivity contribution in [2.75, 3.05) is 0 Å². The summed E-state index contributed by atoms with van der Waals surface area (Å²) in [5, 5.41) is 118. The third kappa shape index (κ3) is 20.0. The van der Waals surface area contributed by atoms with E-state index in [1.54, 1.807) is 75.5 Å². The molecule has 2 saturated heterocycles. The van der Waals surface area contributed by atoms with E-state index in [1.165, 1.54) is 6.08 Å². The Hall–Kier alpha value is -3.70. The molecule has 19 atom stereocenters. The van der Waals surface area contributed by atoms with Crippen LogP contribution in [0.25, 0.3) is 0 Å². The average molecular weight is 950 g/mol. The monoisotopic (exact) mass is 950 g/mol. The first kappa shape index (κ1) is 57.6. The first-order valence-electron chi connectivity index (χ1n) is 23.0. The van der Waals surface area contributed by atoms with Gasteiger partial charge < -0.3 is 80.9 Å². The molecule has 67 heavy (non-hydrogen) atoms. The molecule has 18 nitrogen and oxygen atoms in total. The van der Waals surface area contributed by atoms with Crippen molar-refractivity contribution < 1.29 is 84.7 Å². The number of fused-ring (bicyclic) bond motifs is 2. The van der Waals surface area contributed by atoms with E-state index in [9.17, 15) is 65.8 Å². The molecule has 3 aliphatic heterocycles. The largest absolute Gasteiger partial charge is 0.478 e. The summed E-state index contributed by atoms with van der Waals surface area (Å²) in [7, 11) is 0. The van der Waals surface area contributed by atoms with Crippen LogP contribution in [0.5, 0.6) is 0 Å². The van der Waals surface area contributed by atoms with E-state index in [0.29, 0.717) is 0 Å². The summed E-state index contributed by atoms with van der Waals surface area (Å²) in [4.78, 5) is 24.2. The number of hydrogen-bond donors (Lipinski definition) is 12. The molecule has 0 aromatic heterocycles. The van der Waals surface area contributed by atoms with Crippen molar-refractivity contribution >= 4 is 11.9 Å². The minimum absolute atomic E-state index is 0.0985. The number of nitrogens with two attached hydrogens (primary N) is 1. The quantitative estimate of drug-likeness (QED) is 0.139. The number of carbonyl (C=O) groups excluding carboxylic acids is 1. The van der Waals surface area contributed by atoms with Crippen molar-refractivity contribution in [1.82, 2.24) is 0 Å². The fourth-order valence-corrected chi connectivity index (χ4v) is 8.12. The van der Waals surface area contributed by atoms with Gasteiger partial charge in [0.1, 0.15) is 12.2 Å². The molecule has 0 aromatic carbocycles. The third-order valence-electron chi connectivity index (χ3n) is 12.3. The summed E-state index contributed by atoms with van der Waals surface area (Å²) < 4.78 is 23.5. The molecule has 3 rings (SSSR count). The molecule has 2 bridgehead atoms. The second-order valence-electron chi connectivity index (χ2n) is 18.0. The van der Waals surface area contributed by atoms with Crippen molar-refractivity contribution in [2.45, 2.75) is 177 Å². The number of allylic oxidation sites excluding steroid dienone is 12. The van der Waals surface area contributed by atoms with Gasteiger partial charge in [-0.15, -0.1) is 0 Å². The minimum Gasteiger partial charge on any atom is -0.478 e. The van der Waals surface area contributed by atoms with Crippen molar-refractivity contribution in [1.29, 1.82) is 0 Å². The van der Waals surface area contributed by atoms with Crippen molar-refractivity contribution in [3.8, 4) is 0 Å². The van der Waals surface area contributed by atoms with Crippen molar-refractivity contribution in [2.24, 2.45) is 23.5 Å². The summed E-state index contributed by atoms with van der Waals surface area (Å²) in [5.41, 5.74) is 6.06. The van der Waals surface area contributed by atoms with E-state index >= 15 is 0 Å². The number of rotatable bonds is 4. The highest BCUT2D eigenvalue weighted by Crippen LogP contribution is 2.38. The number of carbonyl (C=O) groups is 2. The Kier molecular flexibility index (Phi) is 24.7. The van der Waals surface area contributed by atoms with Crippen LogP contribution in [0.15, 0.2) is 97.2 Å². The number of esters is 1. The van der Waals surface area contributed by atoms with Gasteiger partial charge in [-0.25, -0.2) is 4.79 Å². The predicted molar refractivity (Wildman–Crippen MR) is 246 cm³/mol. The lowest BCUT2D eigenvalue weighted by Gasteiger charge is -2.46. The number of aliphatic hydroxyl groups excluding tert-OH is 9. The Morgan fingerprint density at radius 2 is 1.27 bits per heavy atom. The van der Waals surface area contributed by atoms with Crippen molar-refractivity contribution in [3.05, 3.63) is 97.2 Å². The van der Waals surface area contributed by atoms with Crippen LogP contribution < -0.4 is 5.73 Å². The van der Waals surface area contributed by atoms with Gasteiger partial charge in [0.05, 0.1) is 79.6 Å². The van der Waals surface area contributed by atoms with E-state index in [0.717, 1.165) is 6.08 Å². The molecule has 0 unspecified atom stereocenters. The zero-order valence-electron chi connectivity index (χ0n) is 38.7. The highest BCUT2D eigenvalue weighted by Gasteiger charge is 2.48. The molecule has 3 aliphatic rings. The van der Waals surface area contributed by atoms with Gasteiger partial charge in [-0.2, -0.15) is 0 Å². The molecule has 378 valence electrons. The zero-order valence-corrected chi connectivity index (χ0v) is 38.7. The Morgan fingerprint density at radius 1 is 0.687 bits per heavy atom. The fourth-order valence-electron chi connectivity index (χ4n) is 8.12. The molecular weight excluding hydrogens is 875 g/mol. The Balaban J connectivity index is 1.90. The Bertz CT molecular complexity index is 1750. The number of carboxylic acid groups (broad SMARTS) is 1. The highest BCUT2D eigenvalue weighted by atomic mass is 16.7. The molecule has 0 amide bonds. The summed E-state index contributed by atoms with van der Waals surface area (Å²) in [6, 6.07) is -1.13. The fraction of sp³-hybridized carbons (Fsp3) is 0.633. The normalized spacial score (nSPS) is 44.6. The van der Waals surface area contributed by atoms with Crippen LogP contribution in [0.2, 0.25) is 0 Å². The first-order chi connectivity index (χ1) is 31.6.